The van der Waals surface area contributed by atoms with Crippen molar-refractivity contribution in [3.05, 3.63) is 43.4 Å². The van der Waals surface area contributed by atoms with Crippen molar-refractivity contribution in [3.63, 3.8) is 0 Å². The van der Waals surface area contributed by atoms with Crippen molar-refractivity contribution in [3.8, 4) is 0 Å². The highest BCUT2D eigenvalue weighted by Crippen LogP contribution is 1.95. The van der Waals surface area contributed by atoms with Gasteiger partial charge in [0, 0.05) is 0 Å². The normalized spacial score (nSPS) is 12.5. The number of hydrogen-bond acceptors (Lipinski definition) is 0. The van der Waals surface area contributed by atoms with E-state index in [1.165, 1.54) is 19.3 Å². The lowest BCUT2D eigenvalue weighted by Crippen LogP contribution is -1.65. The zero-order valence-corrected chi connectivity index (χ0v) is 8.71. The van der Waals surface area contributed by atoms with Crippen LogP contribution in [0.5, 0.6) is 0 Å². The van der Waals surface area contributed by atoms with Crippen LogP contribution in [0.3, 0.4) is 0 Å². The zero-order chi connectivity index (χ0) is 9.78. The molecule has 0 amide bonds. The highest BCUT2D eigenvalue weighted by molar-refractivity contribution is 5.10. The Hall–Kier alpha value is -0.780. The van der Waals surface area contributed by atoms with Gasteiger partial charge in [-0.3, -0.25) is 0 Å². The Bertz CT molecular complexity index is 161. The first kappa shape index (κ1) is 12.2. The lowest BCUT2D eigenvalue weighted by molar-refractivity contribution is 0.866. The molecule has 0 saturated carbocycles. The monoisotopic (exact) mass is 177 g/mol. The SMILES string of the molecule is [CH2]CCC/C=C/C=C/C=C/CCC. The Morgan fingerprint density at radius 2 is 1.54 bits per heavy atom. The molecule has 0 atom stereocenters. The lowest BCUT2D eigenvalue weighted by Gasteiger charge is -1.85. The van der Waals surface area contributed by atoms with E-state index < -0.39 is 0 Å². The predicted octanol–water partition coefficient (Wildman–Crippen LogP) is 4.46. The van der Waals surface area contributed by atoms with Crippen LogP contribution < -0.4 is 0 Å². The van der Waals surface area contributed by atoms with Gasteiger partial charge in [-0.2, -0.15) is 0 Å². The van der Waals surface area contributed by atoms with Crippen molar-refractivity contribution < 1.29 is 0 Å². The van der Waals surface area contributed by atoms with Crippen LogP contribution in [0.15, 0.2) is 36.5 Å². The van der Waals surface area contributed by atoms with Crippen LogP contribution in [0.1, 0.15) is 39.0 Å². The minimum atomic E-state index is 1.03. The van der Waals surface area contributed by atoms with E-state index in [0.717, 1.165) is 12.8 Å². The van der Waals surface area contributed by atoms with E-state index in [9.17, 15) is 0 Å². The second kappa shape index (κ2) is 11.2. The van der Waals surface area contributed by atoms with Crippen LogP contribution >= 0.6 is 0 Å². The molecule has 0 saturated heterocycles. The molecule has 0 nitrogen and oxygen atoms in total. The van der Waals surface area contributed by atoms with Crippen LogP contribution in [0, 0.1) is 6.92 Å². The molecule has 0 fully saturated rings. The first-order chi connectivity index (χ1) is 6.41. The summed E-state index contributed by atoms with van der Waals surface area (Å²) in [5.74, 6) is 0. The fourth-order valence-corrected chi connectivity index (χ4v) is 0.907. The van der Waals surface area contributed by atoms with Crippen LogP contribution in [0.2, 0.25) is 0 Å². The van der Waals surface area contributed by atoms with Crippen molar-refractivity contribution in [1.29, 1.82) is 0 Å². The van der Waals surface area contributed by atoms with E-state index in [1.54, 1.807) is 0 Å². The van der Waals surface area contributed by atoms with Crippen molar-refractivity contribution in [2.75, 3.05) is 0 Å². The van der Waals surface area contributed by atoms with Gasteiger partial charge in [0.15, 0.2) is 0 Å². The maximum Gasteiger partial charge on any atom is -0.0348 e. The molecule has 0 aromatic rings. The minimum absolute atomic E-state index is 1.03. The third-order valence-corrected chi connectivity index (χ3v) is 1.68. The summed E-state index contributed by atoms with van der Waals surface area (Å²) in [6.45, 7) is 5.98. The number of unbranched alkanes of at least 4 members (excludes halogenated alkanes) is 3. The smallest absolute Gasteiger partial charge is 0.0348 e. The molecule has 0 heterocycles. The zero-order valence-electron chi connectivity index (χ0n) is 8.71. The van der Waals surface area contributed by atoms with Crippen LogP contribution in [0.25, 0.3) is 0 Å². The van der Waals surface area contributed by atoms with E-state index in [0.29, 0.717) is 0 Å². The molecule has 0 aliphatic carbocycles. The summed E-state index contributed by atoms with van der Waals surface area (Å²) in [4.78, 5) is 0. The molecule has 13 heavy (non-hydrogen) atoms. The summed E-state index contributed by atoms with van der Waals surface area (Å²) in [5.41, 5.74) is 0. The highest BCUT2D eigenvalue weighted by Gasteiger charge is 1.75. The van der Waals surface area contributed by atoms with E-state index in [-0.39, 0.29) is 0 Å². The van der Waals surface area contributed by atoms with Crippen molar-refractivity contribution in [2.45, 2.75) is 39.0 Å². The summed E-state index contributed by atoms with van der Waals surface area (Å²) in [6.07, 6.45) is 18.5. The van der Waals surface area contributed by atoms with Crippen LogP contribution in [0.4, 0.5) is 0 Å². The number of allylic oxidation sites excluding steroid dienone is 6. The van der Waals surface area contributed by atoms with E-state index in [1.807, 2.05) is 0 Å². The van der Waals surface area contributed by atoms with E-state index in [2.05, 4.69) is 50.3 Å². The van der Waals surface area contributed by atoms with Gasteiger partial charge in [-0.15, -0.1) is 0 Å². The van der Waals surface area contributed by atoms with Gasteiger partial charge >= 0.3 is 0 Å². The highest BCUT2D eigenvalue weighted by atomic mass is 13.8. The second-order valence-corrected chi connectivity index (χ2v) is 3.03. The van der Waals surface area contributed by atoms with Gasteiger partial charge in [-0.25, -0.2) is 0 Å². The third kappa shape index (κ3) is 11.2. The Labute approximate surface area is 83.0 Å². The van der Waals surface area contributed by atoms with Gasteiger partial charge in [0.2, 0.25) is 0 Å². The molecule has 0 heteroatoms. The molecule has 0 spiro atoms. The molecule has 0 aliphatic heterocycles. The van der Waals surface area contributed by atoms with Gasteiger partial charge in [0.25, 0.3) is 0 Å². The predicted molar refractivity (Wildman–Crippen MR) is 61.5 cm³/mol. The van der Waals surface area contributed by atoms with E-state index in [4.69, 9.17) is 0 Å². The lowest BCUT2D eigenvalue weighted by atomic mass is 10.2. The van der Waals surface area contributed by atoms with E-state index >= 15 is 0 Å². The molecular formula is C13H21. The Morgan fingerprint density at radius 1 is 0.923 bits per heavy atom. The molecule has 0 bridgehead atoms. The van der Waals surface area contributed by atoms with Gasteiger partial charge in [-0.05, 0) is 19.3 Å². The molecule has 1 radical (unpaired) electrons. The quantitative estimate of drug-likeness (QED) is 0.398. The topological polar surface area (TPSA) is 0 Å². The second-order valence-electron chi connectivity index (χ2n) is 3.03. The molecular weight excluding hydrogens is 156 g/mol. The summed E-state index contributed by atoms with van der Waals surface area (Å²) in [7, 11) is 0. The standard InChI is InChI=1S/C13H21/c1-3-5-7-9-11-13-12-10-8-6-4-2/h8-13H,1,3-7H2,2H3/b10-8+,11-9+,13-12+. The molecule has 0 aromatic carbocycles. The Balaban J connectivity index is 3.34. The molecule has 0 rings (SSSR count). The van der Waals surface area contributed by atoms with Crippen molar-refractivity contribution in [2.24, 2.45) is 0 Å². The Kier molecular flexibility index (Phi) is 10.5. The maximum absolute atomic E-state index is 3.79. The third-order valence-electron chi connectivity index (χ3n) is 1.68. The fraction of sp³-hybridized carbons (Fsp3) is 0.462. The Morgan fingerprint density at radius 3 is 2.08 bits per heavy atom. The van der Waals surface area contributed by atoms with Crippen molar-refractivity contribution in [1.82, 2.24) is 0 Å². The summed E-state index contributed by atoms with van der Waals surface area (Å²) < 4.78 is 0. The average Bonchev–Trinajstić information content (AvgIpc) is 2.16. The van der Waals surface area contributed by atoms with Crippen molar-refractivity contribution >= 4 is 0 Å². The summed E-state index contributed by atoms with van der Waals surface area (Å²) >= 11 is 0. The minimum Gasteiger partial charge on any atom is -0.0845 e. The molecule has 0 unspecified atom stereocenters. The molecule has 0 aliphatic rings. The summed E-state index contributed by atoms with van der Waals surface area (Å²) in [6, 6.07) is 0. The van der Waals surface area contributed by atoms with Gasteiger partial charge < -0.3 is 0 Å². The molecule has 0 N–H and O–H groups in total. The number of hydrogen-bond donors (Lipinski definition) is 0. The van der Waals surface area contributed by atoms with Crippen LogP contribution in [-0.2, 0) is 0 Å². The van der Waals surface area contributed by atoms with Gasteiger partial charge in [-0.1, -0.05) is 63.1 Å². The first-order valence-corrected chi connectivity index (χ1v) is 5.19. The molecule has 0 aromatic heterocycles. The fourth-order valence-electron chi connectivity index (χ4n) is 0.907. The maximum atomic E-state index is 3.79. The largest absolute Gasteiger partial charge is 0.0845 e. The van der Waals surface area contributed by atoms with Gasteiger partial charge in [0.1, 0.15) is 0 Å². The van der Waals surface area contributed by atoms with Crippen LogP contribution in [-0.4, -0.2) is 0 Å². The number of rotatable bonds is 7. The summed E-state index contributed by atoms with van der Waals surface area (Å²) in [5, 5.41) is 0. The average molecular weight is 177 g/mol. The first-order valence-electron chi connectivity index (χ1n) is 5.19. The molecule has 73 valence electrons. The van der Waals surface area contributed by atoms with Gasteiger partial charge in [0.05, 0.1) is 0 Å².